The smallest absolute Gasteiger partial charge is 0.244 e. The molecule has 0 spiro atoms. The molecular formula is C21H18N2O2. The normalized spacial score (nSPS) is 10.6. The SMILES string of the molecule is O=C(Cc1ccccc1)NN=Cc1cccc(Oc2ccccc2)c1. The number of carbonyl (C=O) groups excluding carboxylic acids is 1. The molecule has 0 heterocycles. The Hall–Kier alpha value is -3.40. The number of hydrazone groups is 1. The first-order chi connectivity index (χ1) is 12.3. The second-order valence-corrected chi connectivity index (χ2v) is 5.44. The van der Waals surface area contributed by atoms with Crippen LogP contribution in [0, 0.1) is 0 Å². The molecule has 1 amide bonds. The summed E-state index contributed by atoms with van der Waals surface area (Å²) in [5.41, 5.74) is 4.33. The van der Waals surface area contributed by atoms with Gasteiger partial charge in [-0.1, -0.05) is 60.7 Å². The van der Waals surface area contributed by atoms with Crippen LogP contribution in [0.5, 0.6) is 11.5 Å². The monoisotopic (exact) mass is 330 g/mol. The number of ether oxygens (including phenoxy) is 1. The van der Waals surface area contributed by atoms with Crippen molar-refractivity contribution in [3.63, 3.8) is 0 Å². The lowest BCUT2D eigenvalue weighted by Crippen LogP contribution is -2.19. The van der Waals surface area contributed by atoms with Crippen LogP contribution in [0.3, 0.4) is 0 Å². The largest absolute Gasteiger partial charge is 0.457 e. The first-order valence-corrected chi connectivity index (χ1v) is 7.98. The average molecular weight is 330 g/mol. The second kappa shape index (κ2) is 8.45. The van der Waals surface area contributed by atoms with Gasteiger partial charge >= 0.3 is 0 Å². The number of amides is 1. The van der Waals surface area contributed by atoms with Crippen LogP contribution < -0.4 is 10.2 Å². The van der Waals surface area contributed by atoms with E-state index >= 15 is 0 Å². The Balaban J connectivity index is 1.56. The lowest BCUT2D eigenvalue weighted by molar-refractivity contribution is -0.120. The Morgan fingerprint density at radius 3 is 2.32 bits per heavy atom. The Morgan fingerprint density at radius 2 is 1.56 bits per heavy atom. The van der Waals surface area contributed by atoms with E-state index in [1.165, 1.54) is 0 Å². The number of para-hydroxylation sites is 1. The summed E-state index contributed by atoms with van der Waals surface area (Å²) in [7, 11) is 0. The third kappa shape index (κ3) is 5.32. The highest BCUT2D eigenvalue weighted by Crippen LogP contribution is 2.21. The molecule has 0 aromatic heterocycles. The number of hydrogen-bond acceptors (Lipinski definition) is 3. The van der Waals surface area contributed by atoms with Crippen molar-refractivity contribution in [2.75, 3.05) is 0 Å². The number of nitrogens with zero attached hydrogens (tertiary/aromatic N) is 1. The minimum Gasteiger partial charge on any atom is -0.457 e. The molecule has 3 aromatic carbocycles. The van der Waals surface area contributed by atoms with Gasteiger partial charge in [-0.3, -0.25) is 4.79 Å². The first-order valence-electron chi connectivity index (χ1n) is 7.98. The summed E-state index contributed by atoms with van der Waals surface area (Å²) >= 11 is 0. The van der Waals surface area contributed by atoms with Crippen molar-refractivity contribution in [3.05, 3.63) is 96.1 Å². The maximum atomic E-state index is 11.9. The molecule has 0 radical (unpaired) electrons. The predicted molar refractivity (Wildman–Crippen MR) is 98.8 cm³/mol. The van der Waals surface area contributed by atoms with Crippen molar-refractivity contribution in [1.82, 2.24) is 5.43 Å². The topological polar surface area (TPSA) is 50.7 Å². The minimum absolute atomic E-state index is 0.154. The first kappa shape index (κ1) is 16.5. The number of rotatable bonds is 6. The molecule has 3 aromatic rings. The van der Waals surface area contributed by atoms with Crippen molar-refractivity contribution in [3.8, 4) is 11.5 Å². The van der Waals surface area contributed by atoms with Gasteiger partial charge in [0.25, 0.3) is 0 Å². The molecule has 25 heavy (non-hydrogen) atoms. The summed E-state index contributed by atoms with van der Waals surface area (Å²) in [6.07, 6.45) is 1.90. The van der Waals surface area contributed by atoms with Gasteiger partial charge in [0.05, 0.1) is 12.6 Å². The van der Waals surface area contributed by atoms with Gasteiger partial charge in [-0.2, -0.15) is 5.10 Å². The fraction of sp³-hybridized carbons (Fsp3) is 0.0476. The minimum atomic E-state index is -0.154. The zero-order valence-corrected chi connectivity index (χ0v) is 13.6. The van der Waals surface area contributed by atoms with E-state index in [0.29, 0.717) is 12.2 Å². The van der Waals surface area contributed by atoms with Gasteiger partial charge in [-0.15, -0.1) is 0 Å². The van der Waals surface area contributed by atoms with Crippen LogP contribution in [-0.2, 0) is 11.2 Å². The van der Waals surface area contributed by atoms with Gasteiger partial charge in [0.2, 0.25) is 5.91 Å². The molecule has 0 atom stereocenters. The molecule has 0 bridgehead atoms. The number of carbonyl (C=O) groups is 1. The number of nitrogens with one attached hydrogen (secondary N) is 1. The summed E-state index contributed by atoms with van der Waals surface area (Å²) in [5, 5.41) is 4.01. The van der Waals surface area contributed by atoms with Gasteiger partial charge in [-0.05, 0) is 35.4 Å². The van der Waals surface area contributed by atoms with Crippen molar-refractivity contribution in [1.29, 1.82) is 0 Å². The number of hydrogen-bond donors (Lipinski definition) is 1. The van der Waals surface area contributed by atoms with Crippen LogP contribution in [0.15, 0.2) is 90.0 Å². The fourth-order valence-electron chi connectivity index (χ4n) is 2.28. The van der Waals surface area contributed by atoms with Crippen LogP contribution in [0.25, 0.3) is 0 Å². The molecule has 0 saturated carbocycles. The van der Waals surface area contributed by atoms with Crippen LogP contribution in [0.4, 0.5) is 0 Å². The lowest BCUT2D eigenvalue weighted by atomic mass is 10.1. The van der Waals surface area contributed by atoms with Crippen molar-refractivity contribution < 1.29 is 9.53 Å². The third-order valence-electron chi connectivity index (χ3n) is 3.45. The van der Waals surface area contributed by atoms with E-state index in [1.807, 2.05) is 84.9 Å². The quantitative estimate of drug-likeness (QED) is 0.545. The van der Waals surface area contributed by atoms with E-state index in [4.69, 9.17) is 4.74 Å². The van der Waals surface area contributed by atoms with E-state index < -0.39 is 0 Å². The van der Waals surface area contributed by atoms with Crippen LogP contribution in [0.2, 0.25) is 0 Å². The highest BCUT2D eigenvalue weighted by molar-refractivity contribution is 5.83. The molecule has 1 N–H and O–H groups in total. The zero-order valence-electron chi connectivity index (χ0n) is 13.6. The number of benzene rings is 3. The van der Waals surface area contributed by atoms with Gasteiger partial charge in [0.1, 0.15) is 11.5 Å². The summed E-state index contributed by atoms with van der Waals surface area (Å²) in [4.78, 5) is 11.9. The molecule has 0 aliphatic carbocycles. The summed E-state index contributed by atoms with van der Waals surface area (Å²) < 4.78 is 5.78. The molecule has 4 heteroatoms. The fourth-order valence-corrected chi connectivity index (χ4v) is 2.28. The van der Waals surface area contributed by atoms with Crippen LogP contribution >= 0.6 is 0 Å². The van der Waals surface area contributed by atoms with Crippen LogP contribution in [0.1, 0.15) is 11.1 Å². The standard InChI is InChI=1S/C21H18N2O2/c24-21(15-17-8-3-1-4-9-17)23-22-16-18-10-7-13-20(14-18)25-19-11-5-2-6-12-19/h1-14,16H,15H2,(H,23,24). The molecule has 0 unspecified atom stereocenters. The molecule has 0 saturated heterocycles. The summed E-state index contributed by atoms with van der Waals surface area (Å²) in [5.74, 6) is 1.33. The molecule has 124 valence electrons. The van der Waals surface area contributed by atoms with Gasteiger partial charge in [0, 0.05) is 0 Å². The molecule has 0 fully saturated rings. The summed E-state index contributed by atoms with van der Waals surface area (Å²) in [6.45, 7) is 0. The van der Waals surface area contributed by atoms with Gasteiger partial charge in [0.15, 0.2) is 0 Å². The maximum Gasteiger partial charge on any atom is 0.244 e. The van der Waals surface area contributed by atoms with E-state index in [9.17, 15) is 4.79 Å². The van der Waals surface area contributed by atoms with E-state index in [1.54, 1.807) is 6.21 Å². The Bertz CT molecular complexity index is 846. The molecule has 3 rings (SSSR count). The lowest BCUT2D eigenvalue weighted by Gasteiger charge is -2.05. The van der Waals surface area contributed by atoms with Crippen molar-refractivity contribution in [2.24, 2.45) is 5.10 Å². The summed E-state index contributed by atoms with van der Waals surface area (Å²) in [6, 6.07) is 26.6. The third-order valence-corrected chi connectivity index (χ3v) is 3.45. The molecule has 0 aliphatic rings. The van der Waals surface area contributed by atoms with Gasteiger partial charge in [-0.25, -0.2) is 5.43 Å². The van der Waals surface area contributed by atoms with Crippen molar-refractivity contribution in [2.45, 2.75) is 6.42 Å². The highest BCUT2D eigenvalue weighted by Gasteiger charge is 2.01. The molecule has 4 nitrogen and oxygen atoms in total. The Kier molecular flexibility index (Phi) is 5.56. The highest BCUT2D eigenvalue weighted by atomic mass is 16.5. The van der Waals surface area contributed by atoms with Crippen molar-refractivity contribution >= 4 is 12.1 Å². The van der Waals surface area contributed by atoms with E-state index in [0.717, 1.165) is 16.9 Å². The predicted octanol–water partition coefficient (Wildman–Crippen LogP) is 4.17. The second-order valence-electron chi connectivity index (χ2n) is 5.44. The average Bonchev–Trinajstić information content (AvgIpc) is 2.64. The Morgan fingerprint density at radius 1 is 0.880 bits per heavy atom. The maximum absolute atomic E-state index is 11.9. The Labute approximate surface area is 146 Å². The van der Waals surface area contributed by atoms with E-state index in [2.05, 4.69) is 10.5 Å². The van der Waals surface area contributed by atoms with Crippen LogP contribution in [-0.4, -0.2) is 12.1 Å². The van der Waals surface area contributed by atoms with E-state index in [-0.39, 0.29) is 5.91 Å². The molecule has 0 aliphatic heterocycles. The molecular weight excluding hydrogens is 312 g/mol. The zero-order chi connectivity index (χ0) is 17.3. The van der Waals surface area contributed by atoms with Gasteiger partial charge < -0.3 is 4.74 Å².